The molecule has 2 N–H and O–H groups in total. The van der Waals surface area contributed by atoms with Crippen LogP contribution in [0.15, 0.2) is 52.9 Å². The molecule has 0 spiro atoms. The number of pyridine rings is 1. The van der Waals surface area contributed by atoms with Crippen molar-refractivity contribution in [1.82, 2.24) is 9.88 Å². The zero-order valence-corrected chi connectivity index (χ0v) is 15.7. The Morgan fingerprint density at radius 3 is 2.08 bits per heavy atom. The summed E-state index contributed by atoms with van der Waals surface area (Å²) < 4.78 is 5.80. The summed E-state index contributed by atoms with van der Waals surface area (Å²) >= 11 is 0. The molecule has 0 bridgehead atoms. The van der Waals surface area contributed by atoms with Gasteiger partial charge < -0.3 is 15.1 Å². The Hall–Kier alpha value is -2.59. The number of fused-ring (bicyclic) bond motifs is 4. The first-order valence-corrected chi connectivity index (χ1v) is 8.55. The summed E-state index contributed by atoms with van der Waals surface area (Å²) in [5, 5.41) is 1.94. The van der Waals surface area contributed by atoms with Crippen LogP contribution in [0, 0.1) is 0 Å². The Balaban J connectivity index is 0.000000280. The van der Waals surface area contributed by atoms with Crippen LogP contribution in [0.5, 0.6) is 0 Å². The van der Waals surface area contributed by atoms with Crippen molar-refractivity contribution >= 4 is 38.7 Å². The molecule has 2 heterocycles. The molecule has 0 aliphatic rings. The quantitative estimate of drug-likeness (QED) is 0.472. The fraction of sp³-hybridized carbons (Fsp3) is 0.286. The highest BCUT2D eigenvalue weighted by atomic mass is 16.3. The number of hydrogen-bond acceptors (Lipinski definition) is 4. The first kappa shape index (κ1) is 18.7. The van der Waals surface area contributed by atoms with Gasteiger partial charge in [-0.05, 0) is 39.3 Å². The van der Waals surface area contributed by atoms with Gasteiger partial charge in [-0.3, -0.25) is 0 Å². The van der Waals surface area contributed by atoms with E-state index in [1.54, 1.807) is 0 Å². The number of aromatic nitrogens is 1. The second kappa shape index (κ2) is 8.49. The summed E-state index contributed by atoms with van der Waals surface area (Å²) in [5.41, 5.74) is 10.1. The maximum atomic E-state index is 6.18. The predicted molar refractivity (Wildman–Crippen MR) is 109 cm³/mol. The number of nitrogen functional groups attached to an aromatic ring is 1. The van der Waals surface area contributed by atoms with Gasteiger partial charge in [-0.15, -0.1) is 0 Å². The summed E-state index contributed by atoms with van der Waals surface area (Å²) in [6, 6.07) is 15.7. The molecule has 4 nitrogen and oxygen atoms in total. The van der Waals surface area contributed by atoms with Gasteiger partial charge in [0, 0.05) is 10.8 Å². The molecule has 25 heavy (non-hydrogen) atoms. The summed E-state index contributed by atoms with van der Waals surface area (Å²) in [6.07, 6.45) is 1.25. The van der Waals surface area contributed by atoms with Crippen molar-refractivity contribution in [2.75, 3.05) is 26.9 Å². The molecule has 0 radical (unpaired) electrons. The zero-order chi connectivity index (χ0) is 18.4. The summed E-state index contributed by atoms with van der Waals surface area (Å²) in [6.45, 7) is 4.25. The minimum Gasteiger partial charge on any atom is -0.452 e. The average molecular weight is 337 g/mol. The lowest BCUT2D eigenvalue weighted by atomic mass is 10.1. The summed E-state index contributed by atoms with van der Waals surface area (Å²) in [7, 11) is 6.00. The molecular weight excluding hydrogens is 310 g/mol. The van der Waals surface area contributed by atoms with E-state index in [1.165, 1.54) is 6.42 Å². The van der Waals surface area contributed by atoms with Gasteiger partial charge in [-0.2, -0.15) is 0 Å². The van der Waals surface area contributed by atoms with Crippen molar-refractivity contribution < 1.29 is 4.42 Å². The van der Waals surface area contributed by atoms with Crippen LogP contribution >= 0.6 is 0 Å². The molecule has 4 heteroatoms. The van der Waals surface area contributed by atoms with Gasteiger partial charge in [0.25, 0.3) is 0 Å². The van der Waals surface area contributed by atoms with E-state index in [-0.39, 0.29) is 0 Å². The smallest absolute Gasteiger partial charge is 0.177 e. The van der Waals surface area contributed by atoms with Crippen LogP contribution < -0.4 is 5.73 Å². The van der Waals surface area contributed by atoms with Crippen molar-refractivity contribution in [1.29, 1.82) is 0 Å². The highest BCUT2D eigenvalue weighted by molar-refractivity contribution is 6.12. The van der Waals surface area contributed by atoms with E-state index in [1.807, 2.05) is 74.6 Å². The Morgan fingerprint density at radius 1 is 0.920 bits per heavy atom. The van der Waals surface area contributed by atoms with Gasteiger partial charge >= 0.3 is 0 Å². The fourth-order valence-electron chi connectivity index (χ4n) is 2.37. The molecule has 0 aliphatic carbocycles. The van der Waals surface area contributed by atoms with Crippen LogP contribution in [-0.2, 0) is 0 Å². The van der Waals surface area contributed by atoms with E-state index in [2.05, 4.69) is 18.8 Å². The summed E-state index contributed by atoms with van der Waals surface area (Å²) in [4.78, 5) is 6.65. The molecule has 0 amide bonds. The van der Waals surface area contributed by atoms with E-state index < -0.39 is 0 Å². The normalized spacial score (nSPS) is 10.5. The number of benzene rings is 2. The molecule has 2 aromatic carbocycles. The van der Waals surface area contributed by atoms with Gasteiger partial charge in [-0.25, -0.2) is 4.98 Å². The van der Waals surface area contributed by atoms with Crippen LogP contribution in [-0.4, -0.2) is 31.0 Å². The second-order valence-electron chi connectivity index (χ2n) is 6.37. The van der Waals surface area contributed by atoms with E-state index in [0.717, 1.165) is 27.4 Å². The second-order valence-corrected chi connectivity index (χ2v) is 6.37. The molecule has 2 aromatic heterocycles. The van der Waals surface area contributed by atoms with Gasteiger partial charge in [0.05, 0.1) is 11.2 Å². The van der Waals surface area contributed by atoms with E-state index in [4.69, 9.17) is 10.2 Å². The number of hydrogen-bond donors (Lipinski definition) is 1. The minimum absolute atomic E-state index is 0.659. The molecule has 0 saturated carbocycles. The van der Waals surface area contributed by atoms with Crippen molar-refractivity contribution in [3.8, 4) is 0 Å². The first-order valence-electron chi connectivity index (χ1n) is 8.55. The third-order valence-corrected chi connectivity index (χ3v) is 3.24. The van der Waals surface area contributed by atoms with Crippen LogP contribution in [0.3, 0.4) is 0 Å². The molecule has 0 aliphatic heterocycles. The Morgan fingerprint density at radius 2 is 1.44 bits per heavy atom. The first-order chi connectivity index (χ1) is 12.0. The molecule has 0 atom stereocenters. The Labute approximate surface area is 149 Å². The topological polar surface area (TPSA) is 55.3 Å². The Bertz CT molecular complexity index is 954. The van der Waals surface area contributed by atoms with Gasteiger partial charge in [0.15, 0.2) is 5.58 Å². The monoisotopic (exact) mass is 337 g/mol. The highest BCUT2D eigenvalue weighted by Crippen LogP contribution is 2.34. The molecule has 4 rings (SSSR count). The van der Waals surface area contributed by atoms with Crippen LogP contribution in [0.2, 0.25) is 0 Å². The van der Waals surface area contributed by atoms with Crippen LogP contribution in [0.1, 0.15) is 20.3 Å². The maximum Gasteiger partial charge on any atom is 0.177 e. The van der Waals surface area contributed by atoms with Gasteiger partial charge in [0.2, 0.25) is 0 Å². The SMILES string of the molecule is CCC.CN(C)C.Nc1c2ccccc2nc2c1oc1ccccc12. The van der Waals surface area contributed by atoms with E-state index >= 15 is 0 Å². The lowest BCUT2D eigenvalue weighted by Gasteiger charge is -2.01. The number of anilines is 1. The lowest BCUT2D eigenvalue weighted by molar-refractivity contribution is 0.505. The van der Waals surface area contributed by atoms with Gasteiger partial charge in [0.1, 0.15) is 11.1 Å². The maximum absolute atomic E-state index is 6.18. The minimum atomic E-state index is 0.659. The number of furan rings is 1. The van der Waals surface area contributed by atoms with Gasteiger partial charge in [-0.1, -0.05) is 50.6 Å². The van der Waals surface area contributed by atoms with Crippen molar-refractivity contribution in [2.24, 2.45) is 0 Å². The van der Waals surface area contributed by atoms with E-state index in [9.17, 15) is 0 Å². The number of rotatable bonds is 0. The Kier molecular flexibility index (Phi) is 6.37. The lowest BCUT2D eigenvalue weighted by Crippen LogP contribution is -1.99. The van der Waals surface area contributed by atoms with Crippen LogP contribution in [0.4, 0.5) is 5.69 Å². The summed E-state index contributed by atoms with van der Waals surface area (Å²) in [5.74, 6) is 0. The number of para-hydroxylation sites is 2. The third-order valence-electron chi connectivity index (χ3n) is 3.24. The predicted octanol–water partition coefficient (Wildman–Crippen LogP) is 5.31. The molecule has 0 fully saturated rings. The molecular formula is C21H27N3O. The fourth-order valence-corrected chi connectivity index (χ4v) is 2.37. The zero-order valence-electron chi connectivity index (χ0n) is 15.7. The van der Waals surface area contributed by atoms with Crippen molar-refractivity contribution in [3.63, 3.8) is 0 Å². The highest BCUT2D eigenvalue weighted by Gasteiger charge is 2.13. The molecule has 0 saturated heterocycles. The van der Waals surface area contributed by atoms with E-state index in [0.29, 0.717) is 11.3 Å². The third kappa shape index (κ3) is 4.28. The molecule has 0 unspecified atom stereocenters. The number of nitrogens with two attached hydrogens (primary N) is 1. The largest absolute Gasteiger partial charge is 0.452 e. The molecule has 4 aromatic rings. The van der Waals surface area contributed by atoms with Crippen LogP contribution in [0.25, 0.3) is 33.0 Å². The number of nitrogens with zero attached hydrogens (tertiary/aromatic N) is 2. The average Bonchev–Trinajstić information content (AvgIpc) is 2.95. The standard InChI is InChI=1S/C15H10N2O.C3H9N.C3H8/c16-13-9-5-1-3-7-11(9)17-14-10-6-2-4-8-12(10)18-15(13)14;1-4(2)3;1-3-2/h1-8H,(H2,16,17);1-3H3;3H2,1-2H3. The molecule has 132 valence electrons. The van der Waals surface area contributed by atoms with Crippen molar-refractivity contribution in [2.45, 2.75) is 20.3 Å². The van der Waals surface area contributed by atoms with Crippen molar-refractivity contribution in [3.05, 3.63) is 48.5 Å².